The van der Waals surface area contributed by atoms with Gasteiger partial charge in [-0.15, -0.1) is 0 Å². The average molecular weight is 391 g/mol. The lowest BCUT2D eigenvalue weighted by atomic mass is 10.2. The van der Waals surface area contributed by atoms with E-state index in [9.17, 15) is 9.59 Å². The number of carbonyl (C=O) groups excluding carboxylic acids is 1. The topological polar surface area (TPSA) is 77.0 Å². The highest BCUT2D eigenvalue weighted by molar-refractivity contribution is 7.99. The van der Waals surface area contributed by atoms with Gasteiger partial charge in [0.05, 0.1) is 35.1 Å². The van der Waals surface area contributed by atoms with Gasteiger partial charge in [0.2, 0.25) is 0 Å². The molecule has 2 aromatic carbocycles. The van der Waals surface area contributed by atoms with Crippen LogP contribution in [-0.2, 0) is 0 Å². The number of benzene rings is 2. The molecule has 0 aliphatic heterocycles. The van der Waals surface area contributed by atoms with Crippen molar-refractivity contribution in [3.8, 4) is 11.4 Å². The molecular formula is C21H17N3O3S. The fourth-order valence-corrected chi connectivity index (χ4v) is 3.79. The molecule has 0 unspecified atom stereocenters. The summed E-state index contributed by atoms with van der Waals surface area (Å²) >= 11 is 1.23. The number of methoxy groups -OCH3 is 1. The van der Waals surface area contributed by atoms with Crippen molar-refractivity contribution in [3.05, 3.63) is 82.9 Å². The fraction of sp³-hybridized carbons (Fsp3) is 0.0952. The highest BCUT2D eigenvalue weighted by Gasteiger charge is 2.16. The summed E-state index contributed by atoms with van der Waals surface area (Å²) in [5.74, 6) is 0.737. The third kappa shape index (κ3) is 3.44. The summed E-state index contributed by atoms with van der Waals surface area (Å²) in [6.07, 6.45) is 1.71. The predicted molar refractivity (Wildman–Crippen MR) is 110 cm³/mol. The maximum atomic E-state index is 13.2. The average Bonchev–Trinajstić information content (AvgIpc) is 3.27. The summed E-state index contributed by atoms with van der Waals surface area (Å²) in [5.41, 5.74) is 1.58. The Bertz CT molecular complexity index is 1200. The molecule has 4 aromatic rings. The number of rotatable bonds is 6. The van der Waals surface area contributed by atoms with Crippen molar-refractivity contribution in [2.24, 2.45) is 0 Å². The van der Waals surface area contributed by atoms with Gasteiger partial charge in [0.1, 0.15) is 5.75 Å². The highest BCUT2D eigenvalue weighted by Crippen LogP contribution is 2.24. The van der Waals surface area contributed by atoms with Gasteiger partial charge in [0, 0.05) is 12.3 Å². The molecule has 0 saturated carbocycles. The number of hydrogen-bond acceptors (Lipinski definition) is 5. The summed E-state index contributed by atoms with van der Waals surface area (Å²) in [6, 6.07) is 17.9. The van der Waals surface area contributed by atoms with E-state index in [0.717, 1.165) is 0 Å². The van der Waals surface area contributed by atoms with Gasteiger partial charge >= 0.3 is 0 Å². The van der Waals surface area contributed by atoms with E-state index in [2.05, 4.69) is 9.97 Å². The first-order valence-electron chi connectivity index (χ1n) is 8.63. The Hall–Kier alpha value is -3.32. The second kappa shape index (κ2) is 7.74. The van der Waals surface area contributed by atoms with Crippen molar-refractivity contribution >= 4 is 28.4 Å². The van der Waals surface area contributed by atoms with E-state index in [-0.39, 0.29) is 17.1 Å². The summed E-state index contributed by atoms with van der Waals surface area (Å²) in [4.78, 5) is 33.1. The zero-order valence-corrected chi connectivity index (χ0v) is 15.9. The number of ketones is 1. The maximum absolute atomic E-state index is 13.2. The largest absolute Gasteiger partial charge is 0.497 e. The molecule has 140 valence electrons. The molecule has 2 heterocycles. The number of aromatic nitrogens is 3. The first-order valence-corrected chi connectivity index (χ1v) is 9.61. The number of nitrogens with one attached hydrogen (secondary N) is 1. The Kier molecular flexibility index (Phi) is 4.99. The molecule has 0 saturated heterocycles. The number of carbonyl (C=O) groups is 1. The Balaban J connectivity index is 1.81. The number of thioether (sulfide) groups is 1. The number of Topliss-reactive ketones (excluding diaryl/α,β-unsaturated/α-hetero) is 1. The van der Waals surface area contributed by atoms with Crippen molar-refractivity contribution in [2.45, 2.75) is 5.16 Å². The summed E-state index contributed by atoms with van der Waals surface area (Å²) in [6.45, 7) is 0. The van der Waals surface area contributed by atoms with Crippen LogP contribution in [0, 0.1) is 0 Å². The van der Waals surface area contributed by atoms with Crippen LogP contribution in [0.4, 0.5) is 0 Å². The fourth-order valence-electron chi connectivity index (χ4n) is 2.90. The van der Waals surface area contributed by atoms with Crippen LogP contribution in [0.1, 0.15) is 10.5 Å². The van der Waals surface area contributed by atoms with Crippen molar-refractivity contribution in [2.75, 3.05) is 12.9 Å². The SMILES string of the molecule is COc1cccc(-n2c(SCC(=O)c3ccc[nH]3)nc3ccccc3c2=O)c1. The van der Waals surface area contributed by atoms with E-state index >= 15 is 0 Å². The summed E-state index contributed by atoms with van der Waals surface area (Å²) < 4.78 is 6.82. The van der Waals surface area contributed by atoms with E-state index < -0.39 is 0 Å². The van der Waals surface area contributed by atoms with Crippen LogP contribution in [0.25, 0.3) is 16.6 Å². The summed E-state index contributed by atoms with van der Waals surface area (Å²) in [7, 11) is 1.57. The lowest BCUT2D eigenvalue weighted by Gasteiger charge is -2.13. The van der Waals surface area contributed by atoms with Gasteiger partial charge in [0.15, 0.2) is 10.9 Å². The van der Waals surface area contributed by atoms with Gasteiger partial charge in [-0.05, 0) is 36.4 Å². The molecule has 0 aliphatic carbocycles. The number of nitrogens with zero attached hydrogens (tertiary/aromatic N) is 2. The van der Waals surface area contributed by atoms with Crippen molar-refractivity contribution in [3.63, 3.8) is 0 Å². The Morgan fingerprint density at radius 1 is 1.14 bits per heavy atom. The highest BCUT2D eigenvalue weighted by atomic mass is 32.2. The van der Waals surface area contributed by atoms with Crippen molar-refractivity contribution in [1.29, 1.82) is 0 Å². The number of ether oxygens (including phenoxy) is 1. The number of H-pyrrole nitrogens is 1. The van der Waals surface area contributed by atoms with E-state index in [1.165, 1.54) is 16.3 Å². The molecule has 0 aliphatic rings. The van der Waals surface area contributed by atoms with E-state index in [1.807, 2.05) is 30.3 Å². The number of aromatic amines is 1. The van der Waals surface area contributed by atoms with Crippen LogP contribution in [-0.4, -0.2) is 33.2 Å². The van der Waals surface area contributed by atoms with Gasteiger partial charge in [-0.2, -0.15) is 0 Å². The molecule has 2 aromatic heterocycles. The molecule has 28 heavy (non-hydrogen) atoms. The minimum atomic E-state index is -0.186. The summed E-state index contributed by atoms with van der Waals surface area (Å²) in [5, 5.41) is 0.974. The van der Waals surface area contributed by atoms with E-state index in [1.54, 1.807) is 43.6 Å². The van der Waals surface area contributed by atoms with Crippen LogP contribution in [0.2, 0.25) is 0 Å². The monoisotopic (exact) mass is 391 g/mol. The maximum Gasteiger partial charge on any atom is 0.266 e. The number of hydrogen-bond donors (Lipinski definition) is 1. The molecule has 1 N–H and O–H groups in total. The second-order valence-corrected chi connectivity index (χ2v) is 6.99. The Morgan fingerprint density at radius 2 is 2.00 bits per heavy atom. The second-order valence-electron chi connectivity index (χ2n) is 6.05. The van der Waals surface area contributed by atoms with Crippen LogP contribution >= 0.6 is 11.8 Å². The Labute approximate surface area is 165 Å². The van der Waals surface area contributed by atoms with Crippen LogP contribution < -0.4 is 10.3 Å². The van der Waals surface area contributed by atoms with Crippen molar-refractivity contribution < 1.29 is 9.53 Å². The molecule has 0 fully saturated rings. The molecule has 0 bridgehead atoms. The Morgan fingerprint density at radius 3 is 2.79 bits per heavy atom. The van der Waals surface area contributed by atoms with Crippen LogP contribution in [0.3, 0.4) is 0 Å². The van der Waals surface area contributed by atoms with Gasteiger partial charge in [-0.3, -0.25) is 14.2 Å². The minimum Gasteiger partial charge on any atom is -0.497 e. The van der Waals surface area contributed by atoms with Crippen LogP contribution in [0.15, 0.2) is 76.8 Å². The van der Waals surface area contributed by atoms with E-state index in [0.29, 0.717) is 33.2 Å². The zero-order chi connectivity index (χ0) is 19.5. The first kappa shape index (κ1) is 18.1. The lowest BCUT2D eigenvalue weighted by Crippen LogP contribution is -2.22. The molecule has 4 rings (SSSR count). The van der Waals surface area contributed by atoms with Gasteiger partial charge < -0.3 is 9.72 Å². The predicted octanol–water partition coefficient (Wildman–Crippen LogP) is 3.70. The molecule has 6 nitrogen and oxygen atoms in total. The normalized spacial score (nSPS) is 10.9. The minimum absolute atomic E-state index is 0.0606. The molecule has 0 spiro atoms. The van der Waals surface area contributed by atoms with Crippen molar-refractivity contribution in [1.82, 2.24) is 14.5 Å². The van der Waals surface area contributed by atoms with Crippen LogP contribution in [0.5, 0.6) is 5.75 Å². The molecule has 0 radical (unpaired) electrons. The quantitative estimate of drug-likeness (QED) is 0.308. The third-order valence-electron chi connectivity index (χ3n) is 4.29. The molecule has 0 atom stereocenters. The molecule has 7 heteroatoms. The molecular weight excluding hydrogens is 374 g/mol. The number of fused-ring (bicyclic) bond motifs is 1. The van der Waals surface area contributed by atoms with E-state index in [4.69, 9.17) is 4.74 Å². The van der Waals surface area contributed by atoms with Gasteiger partial charge in [-0.1, -0.05) is 30.0 Å². The first-order chi connectivity index (χ1) is 13.7. The zero-order valence-electron chi connectivity index (χ0n) is 15.1. The standard InChI is InChI=1S/C21H17N3O3S/c1-27-15-7-4-6-14(12-15)24-20(26)16-8-2-3-9-17(16)23-21(24)28-13-19(25)18-10-5-11-22-18/h2-12,22H,13H2,1H3. The smallest absolute Gasteiger partial charge is 0.266 e. The lowest BCUT2D eigenvalue weighted by molar-refractivity contribution is 0.101. The molecule has 0 amide bonds. The third-order valence-corrected chi connectivity index (χ3v) is 5.23. The van der Waals surface area contributed by atoms with Gasteiger partial charge in [-0.25, -0.2) is 4.98 Å². The van der Waals surface area contributed by atoms with Gasteiger partial charge in [0.25, 0.3) is 5.56 Å². The number of para-hydroxylation sites is 1.